The molecule has 1 aromatic carbocycles. The molecule has 0 radical (unpaired) electrons. The van der Waals surface area contributed by atoms with Crippen LogP contribution in [0, 0.1) is 5.41 Å². The zero-order valence-electron chi connectivity index (χ0n) is 18.5. The Hall–Kier alpha value is -1.79. The number of aliphatic hydroxyl groups is 1. The summed E-state index contributed by atoms with van der Waals surface area (Å²) in [5.41, 5.74) is 1.11. The van der Waals surface area contributed by atoms with E-state index < -0.39 is 6.10 Å². The SMILES string of the molecule is CCNC(=NCC1(CCOC)CCCC1)NCC(O)c1ccc(OC(C)C)cc1. The number of hydrogen-bond acceptors (Lipinski definition) is 4. The highest BCUT2D eigenvalue weighted by molar-refractivity contribution is 5.79. The highest BCUT2D eigenvalue weighted by Crippen LogP contribution is 2.41. The quantitative estimate of drug-likeness (QED) is 0.387. The summed E-state index contributed by atoms with van der Waals surface area (Å²) in [4.78, 5) is 4.84. The van der Waals surface area contributed by atoms with Gasteiger partial charge in [0.1, 0.15) is 5.75 Å². The maximum absolute atomic E-state index is 10.6. The summed E-state index contributed by atoms with van der Waals surface area (Å²) >= 11 is 0. The normalized spacial score (nSPS) is 17.4. The lowest BCUT2D eigenvalue weighted by Gasteiger charge is -2.27. The number of aliphatic imine (C=N–C) groups is 1. The zero-order valence-corrected chi connectivity index (χ0v) is 18.5. The van der Waals surface area contributed by atoms with Gasteiger partial charge in [-0.15, -0.1) is 0 Å². The summed E-state index contributed by atoms with van der Waals surface area (Å²) in [6.45, 7) is 8.82. The van der Waals surface area contributed by atoms with Gasteiger partial charge >= 0.3 is 0 Å². The molecule has 6 nitrogen and oxygen atoms in total. The minimum Gasteiger partial charge on any atom is -0.491 e. The fraction of sp³-hybridized carbons (Fsp3) is 0.696. The predicted octanol–water partition coefficient (Wildman–Crippen LogP) is 3.66. The van der Waals surface area contributed by atoms with Gasteiger partial charge in [0.25, 0.3) is 0 Å². The average molecular weight is 406 g/mol. The van der Waals surface area contributed by atoms with E-state index in [9.17, 15) is 5.11 Å². The lowest BCUT2D eigenvalue weighted by atomic mass is 9.83. The molecule has 164 valence electrons. The average Bonchev–Trinajstić information content (AvgIpc) is 3.17. The van der Waals surface area contributed by atoms with Crippen molar-refractivity contribution < 1.29 is 14.6 Å². The third kappa shape index (κ3) is 7.86. The van der Waals surface area contributed by atoms with Crippen LogP contribution in [-0.4, -0.2) is 50.5 Å². The van der Waals surface area contributed by atoms with Gasteiger partial charge in [0.05, 0.1) is 12.2 Å². The van der Waals surface area contributed by atoms with Gasteiger partial charge in [-0.05, 0) is 63.1 Å². The van der Waals surface area contributed by atoms with Gasteiger partial charge in [-0.2, -0.15) is 0 Å². The summed E-state index contributed by atoms with van der Waals surface area (Å²) < 4.78 is 11.0. The van der Waals surface area contributed by atoms with Gasteiger partial charge in [-0.3, -0.25) is 4.99 Å². The minimum absolute atomic E-state index is 0.137. The van der Waals surface area contributed by atoms with Crippen LogP contribution >= 0.6 is 0 Å². The summed E-state index contributed by atoms with van der Waals surface area (Å²) in [6.07, 6.45) is 5.56. The molecule has 0 amide bonds. The highest BCUT2D eigenvalue weighted by atomic mass is 16.5. The minimum atomic E-state index is -0.610. The van der Waals surface area contributed by atoms with Crippen LogP contribution in [0.3, 0.4) is 0 Å². The molecule has 0 spiro atoms. The summed E-state index contributed by atoms with van der Waals surface area (Å²) in [7, 11) is 1.76. The van der Waals surface area contributed by atoms with Crippen LogP contribution in [0.25, 0.3) is 0 Å². The van der Waals surface area contributed by atoms with Crippen molar-refractivity contribution in [2.75, 3.05) is 33.4 Å². The molecule has 1 aromatic rings. The number of rotatable bonds is 11. The van der Waals surface area contributed by atoms with Gasteiger partial charge in [-0.25, -0.2) is 0 Å². The van der Waals surface area contributed by atoms with Gasteiger partial charge in [-0.1, -0.05) is 25.0 Å². The van der Waals surface area contributed by atoms with Crippen molar-refractivity contribution in [1.82, 2.24) is 10.6 Å². The Morgan fingerprint density at radius 1 is 1.17 bits per heavy atom. The first-order valence-corrected chi connectivity index (χ1v) is 10.9. The number of guanidine groups is 1. The maximum atomic E-state index is 10.6. The maximum Gasteiger partial charge on any atom is 0.191 e. The van der Waals surface area contributed by atoms with Crippen molar-refractivity contribution in [1.29, 1.82) is 0 Å². The van der Waals surface area contributed by atoms with Crippen LogP contribution in [0.5, 0.6) is 5.75 Å². The second-order valence-corrected chi connectivity index (χ2v) is 8.28. The Morgan fingerprint density at radius 3 is 2.45 bits per heavy atom. The van der Waals surface area contributed by atoms with E-state index in [1.54, 1.807) is 7.11 Å². The first-order valence-electron chi connectivity index (χ1n) is 10.9. The third-order valence-electron chi connectivity index (χ3n) is 5.52. The molecule has 6 heteroatoms. The highest BCUT2D eigenvalue weighted by Gasteiger charge is 2.33. The number of methoxy groups -OCH3 is 1. The van der Waals surface area contributed by atoms with Crippen molar-refractivity contribution in [2.45, 2.75) is 65.1 Å². The molecule has 0 aromatic heterocycles. The molecular formula is C23H39N3O3. The van der Waals surface area contributed by atoms with Crippen LogP contribution in [0.1, 0.15) is 64.5 Å². The van der Waals surface area contributed by atoms with E-state index in [-0.39, 0.29) is 11.5 Å². The van der Waals surface area contributed by atoms with E-state index in [2.05, 4.69) is 17.6 Å². The van der Waals surface area contributed by atoms with E-state index in [0.717, 1.165) is 43.4 Å². The van der Waals surface area contributed by atoms with Gasteiger partial charge < -0.3 is 25.2 Å². The number of hydrogen-bond donors (Lipinski definition) is 3. The summed E-state index contributed by atoms with van der Waals surface area (Å²) in [5, 5.41) is 17.1. The zero-order chi connectivity index (χ0) is 21.1. The summed E-state index contributed by atoms with van der Waals surface area (Å²) in [6, 6.07) is 7.62. The van der Waals surface area contributed by atoms with Crippen LogP contribution in [0.15, 0.2) is 29.3 Å². The van der Waals surface area contributed by atoms with Crippen LogP contribution in [0.2, 0.25) is 0 Å². The largest absolute Gasteiger partial charge is 0.491 e. The van der Waals surface area contributed by atoms with Gasteiger partial charge in [0.2, 0.25) is 0 Å². The monoisotopic (exact) mass is 405 g/mol. The van der Waals surface area contributed by atoms with Crippen molar-refractivity contribution in [3.63, 3.8) is 0 Å². The molecule has 0 saturated heterocycles. The Labute approximate surface area is 176 Å². The number of nitrogens with zero attached hydrogens (tertiary/aromatic N) is 1. The Bertz CT molecular complexity index is 610. The molecule has 1 unspecified atom stereocenters. The van der Waals surface area contributed by atoms with Crippen molar-refractivity contribution in [3.05, 3.63) is 29.8 Å². The number of aliphatic hydroxyl groups excluding tert-OH is 1. The second kappa shape index (κ2) is 12.0. The Kier molecular flexibility index (Phi) is 9.74. The number of benzene rings is 1. The van der Waals surface area contributed by atoms with Gasteiger partial charge in [0, 0.05) is 33.4 Å². The molecule has 1 saturated carbocycles. The van der Waals surface area contributed by atoms with Crippen molar-refractivity contribution in [2.24, 2.45) is 10.4 Å². The topological polar surface area (TPSA) is 75.1 Å². The smallest absolute Gasteiger partial charge is 0.191 e. The van der Waals surface area contributed by atoms with E-state index in [4.69, 9.17) is 14.5 Å². The standard InChI is InChI=1S/C23H39N3O3/c1-5-24-22(26-17-23(14-15-28-4)12-6-7-13-23)25-16-21(27)19-8-10-20(11-9-19)29-18(2)3/h8-11,18,21,27H,5-7,12-17H2,1-4H3,(H2,24,25,26). The van der Waals surface area contributed by atoms with E-state index in [0.29, 0.717) is 6.54 Å². The number of nitrogens with one attached hydrogen (secondary N) is 2. The molecule has 2 rings (SSSR count). The molecule has 1 aliphatic rings. The third-order valence-corrected chi connectivity index (χ3v) is 5.52. The van der Waals surface area contributed by atoms with E-state index in [1.165, 1.54) is 25.7 Å². The molecule has 0 bridgehead atoms. The Balaban J connectivity index is 1.92. The molecule has 29 heavy (non-hydrogen) atoms. The second-order valence-electron chi connectivity index (χ2n) is 8.28. The predicted molar refractivity (Wildman–Crippen MR) is 119 cm³/mol. The molecule has 0 heterocycles. The van der Waals surface area contributed by atoms with Crippen LogP contribution in [0.4, 0.5) is 0 Å². The van der Waals surface area contributed by atoms with Crippen molar-refractivity contribution >= 4 is 5.96 Å². The van der Waals surface area contributed by atoms with Gasteiger partial charge in [0.15, 0.2) is 5.96 Å². The fourth-order valence-electron chi connectivity index (χ4n) is 3.87. The summed E-state index contributed by atoms with van der Waals surface area (Å²) in [5.74, 6) is 1.58. The lowest BCUT2D eigenvalue weighted by Crippen LogP contribution is -2.40. The molecule has 0 aliphatic heterocycles. The van der Waals surface area contributed by atoms with E-state index >= 15 is 0 Å². The molecule has 3 N–H and O–H groups in total. The first-order chi connectivity index (χ1) is 14.0. The molecule has 1 fully saturated rings. The molecule has 1 atom stereocenters. The van der Waals surface area contributed by atoms with E-state index in [1.807, 2.05) is 38.1 Å². The number of ether oxygens (including phenoxy) is 2. The lowest BCUT2D eigenvalue weighted by molar-refractivity contribution is 0.141. The molecular weight excluding hydrogens is 366 g/mol. The fourth-order valence-corrected chi connectivity index (χ4v) is 3.87. The van der Waals surface area contributed by atoms with Crippen LogP contribution in [-0.2, 0) is 4.74 Å². The van der Waals surface area contributed by atoms with Crippen molar-refractivity contribution in [3.8, 4) is 5.75 Å². The van der Waals surface area contributed by atoms with Crippen LogP contribution < -0.4 is 15.4 Å². The first kappa shape index (κ1) is 23.5. The Morgan fingerprint density at radius 2 is 1.86 bits per heavy atom. The molecule has 1 aliphatic carbocycles.